The molecule has 0 spiro atoms. The maximum atomic E-state index is 13.1. The van der Waals surface area contributed by atoms with E-state index in [4.69, 9.17) is 37.0 Å². The van der Waals surface area contributed by atoms with E-state index in [0.29, 0.717) is 25.7 Å². The first kappa shape index (κ1) is 96.0. The minimum absolute atomic E-state index is 0.0762. The van der Waals surface area contributed by atoms with Crippen LogP contribution in [0.25, 0.3) is 0 Å². The molecule has 100 heavy (non-hydrogen) atoms. The van der Waals surface area contributed by atoms with Crippen LogP contribution in [0.15, 0.2) is 97.2 Å². The molecular weight excluding hydrogens is 1310 g/mol. The Bertz CT molecular complexity index is 2270. The van der Waals surface area contributed by atoms with Crippen molar-refractivity contribution in [2.45, 2.75) is 354 Å². The van der Waals surface area contributed by atoms with E-state index in [1.165, 1.54) is 89.9 Å². The number of carbonyl (C=O) groups is 4. The zero-order valence-electron chi connectivity index (χ0n) is 63.1. The molecule has 0 aromatic rings. The van der Waals surface area contributed by atoms with Gasteiger partial charge in [0.1, 0.15) is 19.3 Å². The number of allylic oxidation sites excluding steroid dienone is 16. The molecule has 17 nitrogen and oxygen atoms in total. The highest BCUT2D eigenvalue weighted by atomic mass is 31.2. The summed E-state index contributed by atoms with van der Waals surface area (Å²) in [6, 6.07) is 0. The first-order valence-electron chi connectivity index (χ1n) is 39.5. The van der Waals surface area contributed by atoms with Gasteiger partial charge in [0.2, 0.25) is 0 Å². The van der Waals surface area contributed by atoms with Crippen LogP contribution in [0.5, 0.6) is 0 Å². The van der Waals surface area contributed by atoms with E-state index >= 15 is 0 Å². The fourth-order valence-electron chi connectivity index (χ4n) is 10.5. The Morgan fingerprint density at radius 2 is 0.530 bits per heavy atom. The Morgan fingerprint density at radius 3 is 0.850 bits per heavy atom. The number of phosphoric ester groups is 2. The highest BCUT2D eigenvalue weighted by Gasteiger charge is 2.30. The normalized spacial score (nSPS) is 14.4. The van der Waals surface area contributed by atoms with Crippen molar-refractivity contribution >= 4 is 39.5 Å². The number of hydrogen-bond acceptors (Lipinski definition) is 15. The number of aliphatic hydroxyl groups excluding tert-OH is 1. The summed E-state index contributed by atoms with van der Waals surface area (Å²) in [5.74, 6) is -2.23. The van der Waals surface area contributed by atoms with Crippen molar-refractivity contribution in [3.63, 3.8) is 0 Å². The standard InChI is InChI=1S/C81H142O17P2/c1-5-9-13-17-21-25-29-32-35-36-37-38-41-43-47-50-54-58-62-66-79(84)91-71-76(97-80(85)67-63-59-55-51-45-28-24-20-16-12-8-4)73-95-99(87,88)93-69-75(82)70-94-100(89,90)96-74-77(98-81(86)68-64-60-56-52-48-44-40-34-31-27-23-19-15-11-7-3)72-92-78(83)65-61-57-53-49-46-42-39-33-30-26-22-18-14-10-6-2/h9,13,20-21,24-25,32-35,37-40,43,47,75-77,82H,5-8,10-12,14-19,22-23,26-31,36,41-42,44-46,48-74H2,1-4H3,(H,87,88)(H,89,90)/b13-9-,24-20-,25-21-,35-32-,38-37-,39-33-,40-34-,47-43-. The molecule has 0 rings (SSSR count). The van der Waals surface area contributed by atoms with E-state index < -0.39 is 97.5 Å². The minimum atomic E-state index is -4.98. The molecule has 19 heteroatoms. The molecular formula is C81H142O17P2. The molecule has 0 aliphatic carbocycles. The first-order valence-corrected chi connectivity index (χ1v) is 42.5. The van der Waals surface area contributed by atoms with E-state index in [1.807, 2.05) is 0 Å². The van der Waals surface area contributed by atoms with E-state index in [2.05, 4.69) is 125 Å². The lowest BCUT2D eigenvalue weighted by Crippen LogP contribution is -2.30. The third-order valence-corrected chi connectivity index (χ3v) is 18.4. The summed E-state index contributed by atoms with van der Waals surface area (Å²) < 4.78 is 68.5. The predicted molar refractivity (Wildman–Crippen MR) is 409 cm³/mol. The molecule has 0 heterocycles. The Hall–Kier alpha value is -4.02. The Kier molecular flexibility index (Phi) is 70.4. The van der Waals surface area contributed by atoms with Crippen molar-refractivity contribution in [2.24, 2.45) is 0 Å². The fourth-order valence-corrected chi connectivity index (χ4v) is 12.0. The summed E-state index contributed by atoms with van der Waals surface area (Å²) in [6.07, 6.45) is 76.8. The van der Waals surface area contributed by atoms with Crippen LogP contribution in [0, 0.1) is 0 Å². The van der Waals surface area contributed by atoms with Crippen LogP contribution in [0.1, 0.15) is 336 Å². The van der Waals surface area contributed by atoms with Crippen LogP contribution in [-0.4, -0.2) is 96.7 Å². The molecule has 0 aromatic carbocycles. The summed E-state index contributed by atoms with van der Waals surface area (Å²) >= 11 is 0. The van der Waals surface area contributed by atoms with Gasteiger partial charge in [-0.25, -0.2) is 9.13 Å². The van der Waals surface area contributed by atoms with Gasteiger partial charge in [-0.2, -0.15) is 0 Å². The molecule has 0 saturated carbocycles. The molecule has 0 bridgehead atoms. The number of ether oxygens (including phenoxy) is 4. The molecule has 5 atom stereocenters. The molecule has 0 saturated heterocycles. The van der Waals surface area contributed by atoms with E-state index in [-0.39, 0.29) is 25.7 Å². The van der Waals surface area contributed by atoms with Gasteiger partial charge in [-0.15, -0.1) is 0 Å². The van der Waals surface area contributed by atoms with Crippen LogP contribution in [0.4, 0.5) is 0 Å². The number of rotatable bonds is 74. The second kappa shape index (κ2) is 73.3. The summed E-state index contributed by atoms with van der Waals surface area (Å²) in [6.45, 7) is 4.67. The van der Waals surface area contributed by atoms with Crippen LogP contribution in [0.2, 0.25) is 0 Å². The summed E-state index contributed by atoms with van der Waals surface area (Å²) in [4.78, 5) is 72.9. The number of aliphatic hydroxyl groups is 1. The van der Waals surface area contributed by atoms with Crippen molar-refractivity contribution in [3.8, 4) is 0 Å². The topological polar surface area (TPSA) is 237 Å². The zero-order chi connectivity index (χ0) is 73.2. The van der Waals surface area contributed by atoms with Crippen LogP contribution in [0.3, 0.4) is 0 Å². The van der Waals surface area contributed by atoms with Gasteiger partial charge in [-0.05, 0) is 141 Å². The molecule has 5 unspecified atom stereocenters. The highest BCUT2D eigenvalue weighted by molar-refractivity contribution is 7.47. The van der Waals surface area contributed by atoms with Crippen molar-refractivity contribution in [1.29, 1.82) is 0 Å². The number of hydrogen-bond donors (Lipinski definition) is 3. The molecule has 0 aliphatic rings. The largest absolute Gasteiger partial charge is 0.472 e. The van der Waals surface area contributed by atoms with Gasteiger partial charge >= 0.3 is 39.5 Å². The maximum Gasteiger partial charge on any atom is 0.472 e. The molecule has 3 N–H and O–H groups in total. The van der Waals surface area contributed by atoms with Gasteiger partial charge < -0.3 is 33.8 Å². The lowest BCUT2D eigenvalue weighted by atomic mass is 10.1. The van der Waals surface area contributed by atoms with Gasteiger partial charge in [0.05, 0.1) is 26.4 Å². The van der Waals surface area contributed by atoms with Gasteiger partial charge in [-0.1, -0.05) is 266 Å². The van der Waals surface area contributed by atoms with Crippen molar-refractivity contribution in [1.82, 2.24) is 0 Å². The third kappa shape index (κ3) is 72.3. The van der Waals surface area contributed by atoms with Gasteiger partial charge in [-0.3, -0.25) is 37.3 Å². The zero-order valence-corrected chi connectivity index (χ0v) is 64.9. The van der Waals surface area contributed by atoms with Crippen molar-refractivity contribution in [2.75, 3.05) is 39.6 Å². The average molecular weight is 1450 g/mol. The number of unbranched alkanes of at least 4 members (excludes halogenated alkanes) is 32. The smallest absolute Gasteiger partial charge is 0.462 e. The molecule has 578 valence electrons. The van der Waals surface area contributed by atoms with Crippen LogP contribution < -0.4 is 0 Å². The average Bonchev–Trinajstić information content (AvgIpc) is 0.953. The SMILES string of the molecule is CC/C=C\C/C=C\C/C=C\C/C=C\C/C=C\CCCCCC(=O)OCC(COP(=O)(O)OCC(O)COP(=O)(O)OCC(COC(=O)CCCCCCC/C=C\CCCCCCCC)OC(=O)CCCCCCC/C=C\CCCCCCCC)OC(=O)CCCCCCC/C=C\CCCC. The van der Waals surface area contributed by atoms with Gasteiger partial charge in [0.15, 0.2) is 12.2 Å². The molecule has 0 amide bonds. The monoisotopic (exact) mass is 1450 g/mol. The van der Waals surface area contributed by atoms with Crippen molar-refractivity contribution < 1.29 is 80.2 Å². The van der Waals surface area contributed by atoms with Gasteiger partial charge in [0.25, 0.3) is 0 Å². The second-order valence-corrected chi connectivity index (χ2v) is 29.2. The molecule has 0 radical (unpaired) electrons. The fraction of sp³-hybridized carbons (Fsp3) is 0.753. The lowest BCUT2D eigenvalue weighted by Gasteiger charge is -2.21. The molecule has 0 aliphatic heterocycles. The second-order valence-electron chi connectivity index (χ2n) is 26.3. The van der Waals surface area contributed by atoms with Crippen molar-refractivity contribution in [3.05, 3.63) is 97.2 Å². The molecule has 0 aromatic heterocycles. The van der Waals surface area contributed by atoms with Crippen LogP contribution in [-0.2, 0) is 65.4 Å². The number of esters is 4. The summed E-state index contributed by atoms with van der Waals surface area (Å²) in [7, 11) is -9.96. The van der Waals surface area contributed by atoms with Gasteiger partial charge in [0, 0.05) is 25.7 Å². The van der Waals surface area contributed by atoms with E-state index in [0.717, 1.165) is 167 Å². The van der Waals surface area contributed by atoms with E-state index in [9.17, 15) is 43.2 Å². The summed E-state index contributed by atoms with van der Waals surface area (Å²) in [5, 5.41) is 10.6. The minimum Gasteiger partial charge on any atom is -0.462 e. The number of carbonyl (C=O) groups excluding carboxylic acids is 4. The first-order chi connectivity index (χ1) is 48.7. The highest BCUT2D eigenvalue weighted by Crippen LogP contribution is 2.45. The number of phosphoric acid groups is 2. The Labute approximate surface area is 607 Å². The predicted octanol–water partition coefficient (Wildman–Crippen LogP) is 22.8. The third-order valence-electron chi connectivity index (χ3n) is 16.5. The lowest BCUT2D eigenvalue weighted by molar-refractivity contribution is -0.161. The Balaban J connectivity index is 5.35. The van der Waals surface area contributed by atoms with Crippen LogP contribution >= 0.6 is 15.6 Å². The quantitative estimate of drug-likeness (QED) is 0.0169. The molecule has 0 fully saturated rings. The Morgan fingerprint density at radius 1 is 0.290 bits per heavy atom. The summed E-state index contributed by atoms with van der Waals surface area (Å²) in [5.41, 5.74) is 0. The maximum absolute atomic E-state index is 13.1. The van der Waals surface area contributed by atoms with E-state index in [1.54, 1.807) is 0 Å².